The molecule has 3 heterocycles. The van der Waals surface area contributed by atoms with Crippen molar-refractivity contribution in [1.29, 1.82) is 0 Å². The number of benzene rings is 1. The van der Waals surface area contributed by atoms with Crippen molar-refractivity contribution in [2.45, 2.75) is 50.3 Å². The maximum absolute atomic E-state index is 14.5. The molecule has 0 spiro atoms. The number of rotatable bonds is 2. The number of nitrogens with one attached hydrogen (secondary N) is 1. The second-order valence-electron chi connectivity index (χ2n) is 8.04. The van der Waals surface area contributed by atoms with E-state index in [2.05, 4.69) is 15.3 Å². The molecule has 29 heavy (non-hydrogen) atoms. The van der Waals surface area contributed by atoms with Gasteiger partial charge in [0.15, 0.2) is 0 Å². The molecule has 2 aliphatic heterocycles. The molecule has 0 amide bonds. The van der Waals surface area contributed by atoms with Gasteiger partial charge in [-0.25, -0.2) is 9.97 Å². The Morgan fingerprint density at radius 1 is 1.17 bits per heavy atom. The van der Waals surface area contributed by atoms with E-state index < -0.39 is 24.5 Å². The zero-order valence-corrected chi connectivity index (χ0v) is 15.7. The van der Waals surface area contributed by atoms with Gasteiger partial charge in [-0.3, -0.25) is 0 Å². The minimum Gasteiger partial charge on any atom is -0.389 e. The van der Waals surface area contributed by atoms with Crippen molar-refractivity contribution >= 4 is 5.95 Å². The van der Waals surface area contributed by atoms with Crippen LogP contribution in [0.2, 0.25) is 0 Å². The molecule has 0 saturated carbocycles. The van der Waals surface area contributed by atoms with Gasteiger partial charge < -0.3 is 15.3 Å². The lowest BCUT2D eigenvalue weighted by Gasteiger charge is -2.43. The third-order valence-corrected chi connectivity index (χ3v) is 6.16. The molecular weight excluding hydrogens is 388 g/mol. The summed E-state index contributed by atoms with van der Waals surface area (Å²) in [6, 6.07) is 4.32. The van der Waals surface area contributed by atoms with Gasteiger partial charge in [-0.1, -0.05) is 12.1 Å². The lowest BCUT2D eigenvalue weighted by atomic mass is 9.93. The zero-order valence-electron chi connectivity index (χ0n) is 15.7. The summed E-state index contributed by atoms with van der Waals surface area (Å²) in [5.41, 5.74) is 1.02. The van der Waals surface area contributed by atoms with Crippen molar-refractivity contribution < 1.29 is 22.7 Å². The Hall–Kier alpha value is -2.26. The molecular formula is C20H20F4N4O. The minimum absolute atomic E-state index is 0.0885. The first-order valence-corrected chi connectivity index (χ1v) is 9.63. The molecule has 2 N–H and O–H groups in total. The number of alkyl halides is 4. The molecule has 1 aromatic heterocycles. The Morgan fingerprint density at radius 2 is 1.97 bits per heavy atom. The first-order valence-electron chi connectivity index (χ1n) is 9.63. The number of hydrogen-bond acceptors (Lipinski definition) is 5. The van der Waals surface area contributed by atoms with Crippen molar-refractivity contribution in [1.82, 2.24) is 15.3 Å². The summed E-state index contributed by atoms with van der Waals surface area (Å²) in [7, 11) is 0. The SMILES string of the molecule is C[C@H]1[C@H](O)CN1c1nc(-c2ccc3c(c2)C(F)(F)CNC3)c2c(n1)C(F)(F)CC2. The Kier molecular flexibility index (Phi) is 3.96. The monoisotopic (exact) mass is 408 g/mol. The minimum atomic E-state index is -3.09. The van der Waals surface area contributed by atoms with Crippen LogP contribution in [0, 0.1) is 0 Å². The second kappa shape index (κ2) is 6.12. The van der Waals surface area contributed by atoms with Gasteiger partial charge in [-0.2, -0.15) is 17.6 Å². The molecule has 154 valence electrons. The topological polar surface area (TPSA) is 61.3 Å². The lowest BCUT2D eigenvalue weighted by molar-refractivity contribution is -0.0108. The number of aromatic nitrogens is 2. The van der Waals surface area contributed by atoms with Gasteiger partial charge in [-0.15, -0.1) is 0 Å². The first kappa shape index (κ1) is 18.7. The number of fused-ring (bicyclic) bond motifs is 2. The Balaban J connectivity index is 1.67. The van der Waals surface area contributed by atoms with Gasteiger partial charge in [-0.05, 0) is 25.0 Å². The molecule has 9 heteroatoms. The standard InChI is InChI=1S/C20H20F4N4O/c1-10-15(29)8-28(10)18-26-16(13-4-5-19(21,22)17(13)27-18)11-2-3-12-7-25-9-20(23,24)14(12)6-11/h2-3,6,10,15,25,29H,4-5,7-9H2,1H3/t10-,15+/m0/s1. The third-order valence-electron chi connectivity index (χ3n) is 6.16. The fourth-order valence-electron chi connectivity index (χ4n) is 4.30. The van der Waals surface area contributed by atoms with E-state index >= 15 is 0 Å². The fraction of sp³-hybridized carbons (Fsp3) is 0.500. The number of aliphatic hydroxyl groups is 1. The number of aliphatic hydroxyl groups excluding tert-OH is 1. The highest BCUT2D eigenvalue weighted by molar-refractivity contribution is 5.69. The predicted molar refractivity (Wildman–Crippen MR) is 98.1 cm³/mol. The van der Waals surface area contributed by atoms with Crippen LogP contribution in [-0.2, 0) is 24.8 Å². The van der Waals surface area contributed by atoms with E-state index in [1.807, 2.05) is 0 Å². The predicted octanol–water partition coefficient (Wildman–Crippen LogP) is 2.95. The van der Waals surface area contributed by atoms with E-state index in [0.29, 0.717) is 23.2 Å². The van der Waals surface area contributed by atoms with E-state index in [1.165, 1.54) is 6.07 Å². The number of anilines is 1. The maximum Gasteiger partial charge on any atom is 0.290 e. The number of hydrogen-bond donors (Lipinski definition) is 2. The summed E-state index contributed by atoms with van der Waals surface area (Å²) in [6.45, 7) is 1.88. The lowest BCUT2D eigenvalue weighted by Crippen LogP contribution is -2.59. The van der Waals surface area contributed by atoms with E-state index in [1.54, 1.807) is 24.0 Å². The normalized spacial score (nSPS) is 26.6. The molecule has 1 saturated heterocycles. The molecule has 0 unspecified atom stereocenters. The fourth-order valence-corrected chi connectivity index (χ4v) is 4.30. The van der Waals surface area contributed by atoms with Crippen molar-refractivity contribution in [2.75, 3.05) is 18.0 Å². The van der Waals surface area contributed by atoms with Crippen LogP contribution in [0.15, 0.2) is 18.2 Å². The molecule has 2 aromatic rings. The summed E-state index contributed by atoms with van der Waals surface area (Å²) >= 11 is 0. The van der Waals surface area contributed by atoms with Crippen LogP contribution >= 0.6 is 0 Å². The molecule has 5 rings (SSSR count). The van der Waals surface area contributed by atoms with E-state index in [0.717, 1.165) is 0 Å². The van der Waals surface area contributed by atoms with Crippen LogP contribution in [0.25, 0.3) is 11.3 Å². The highest BCUT2D eigenvalue weighted by Gasteiger charge is 2.45. The Bertz CT molecular complexity index is 997. The summed E-state index contributed by atoms with van der Waals surface area (Å²) < 4.78 is 57.8. The zero-order chi connectivity index (χ0) is 20.6. The van der Waals surface area contributed by atoms with Crippen molar-refractivity contribution in [3.05, 3.63) is 40.6 Å². The summed E-state index contributed by atoms with van der Waals surface area (Å²) in [6.07, 6.45) is -0.868. The van der Waals surface area contributed by atoms with Crippen LogP contribution < -0.4 is 10.2 Å². The van der Waals surface area contributed by atoms with Crippen molar-refractivity contribution in [3.8, 4) is 11.3 Å². The smallest absolute Gasteiger partial charge is 0.290 e. The molecule has 2 atom stereocenters. The average molecular weight is 408 g/mol. The molecule has 5 nitrogen and oxygen atoms in total. The molecule has 0 radical (unpaired) electrons. The summed E-state index contributed by atoms with van der Waals surface area (Å²) in [4.78, 5) is 10.3. The molecule has 1 aromatic carbocycles. The van der Waals surface area contributed by atoms with Crippen molar-refractivity contribution in [3.63, 3.8) is 0 Å². The van der Waals surface area contributed by atoms with Gasteiger partial charge in [0.25, 0.3) is 11.8 Å². The van der Waals surface area contributed by atoms with Gasteiger partial charge in [0.05, 0.1) is 24.4 Å². The second-order valence-corrected chi connectivity index (χ2v) is 8.04. The number of nitrogens with zero attached hydrogens (tertiary/aromatic N) is 3. The molecule has 1 fully saturated rings. The quantitative estimate of drug-likeness (QED) is 0.749. The van der Waals surface area contributed by atoms with Crippen LogP contribution in [-0.4, -0.2) is 40.3 Å². The Morgan fingerprint density at radius 3 is 2.69 bits per heavy atom. The van der Waals surface area contributed by atoms with Gasteiger partial charge >= 0.3 is 0 Å². The van der Waals surface area contributed by atoms with E-state index in [9.17, 15) is 22.7 Å². The maximum atomic E-state index is 14.5. The molecule has 3 aliphatic rings. The summed E-state index contributed by atoms with van der Waals surface area (Å²) in [5, 5.41) is 12.5. The number of β-amino-alcohol motifs (C(OH)–C–C–N with tert-alkyl or cyclic N) is 1. The van der Waals surface area contributed by atoms with Crippen molar-refractivity contribution in [2.24, 2.45) is 0 Å². The Labute approximate surface area is 164 Å². The van der Waals surface area contributed by atoms with Gasteiger partial charge in [0.2, 0.25) is 5.95 Å². The largest absolute Gasteiger partial charge is 0.389 e. The van der Waals surface area contributed by atoms with Crippen LogP contribution in [0.5, 0.6) is 0 Å². The number of halogens is 4. The van der Waals surface area contributed by atoms with E-state index in [-0.39, 0.29) is 48.3 Å². The highest BCUT2D eigenvalue weighted by atomic mass is 19.3. The molecule has 0 bridgehead atoms. The highest BCUT2D eigenvalue weighted by Crippen LogP contribution is 2.45. The van der Waals surface area contributed by atoms with E-state index in [4.69, 9.17) is 0 Å². The third kappa shape index (κ3) is 2.82. The van der Waals surface area contributed by atoms with Crippen LogP contribution in [0.4, 0.5) is 23.5 Å². The van der Waals surface area contributed by atoms with Gasteiger partial charge in [0, 0.05) is 36.2 Å². The van der Waals surface area contributed by atoms with Crippen LogP contribution in [0.3, 0.4) is 0 Å². The van der Waals surface area contributed by atoms with Gasteiger partial charge in [0.1, 0.15) is 5.69 Å². The molecule has 1 aliphatic carbocycles. The summed E-state index contributed by atoms with van der Waals surface area (Å²) in [5.74, 6) is -6.02. The first-order chi connectivity index (χ1) is 13.7. The van der Waals surface area contributed by atoms with Crippen LogP contribution in [0.1, 0.15) is 35.7 Å². The average Bonchev–Trinajstić information content (AvgIpc) is 2.99.